The van der Waals surface area contributed by atoms with E-state index < -0.39 is 6.43 Å². The maximum atomic E-state index is 13.7. The van der Waals surface area contributed by atoms with Crippen LogP contribution in [0.1, 0.15) is 39.5 Å². The highest BCUT2D eigenvalue weighted by atomic mass is 19.3. The minimum absolute atomic E-state index is 0.162. The number of carbonyl (C=O) groups excluding carboxylic acids is 1. The van der Waals surface area contributed by atoms with Gasteiger partial charge in [0.05, 0.1) is 42.0 Å². The van der Waals surface area contributed by atoms with Crippen LogP contribution < -0.4 is 10.6 Å². The SMILES string of the molecule is CN(Cc1nc(Nc2ccc(-c3cnc4cc(F)ccn34)c3c2C(=O)NC3)ccc1[C@@H]1CCOC1)CC(F)F. The molecule has 1 atom stereocenters. The molecule has 4 aromatic rings. The lowest BCUT2D eigenvalue weighted by Crippen LogP contribution is -2.25. The quantitative estimate of drug-likeness (QED) is 0.339. The van der Waals surface area contributed by atoms with Gasteiger partial charge < -0.3 is 15.4 Å². The summed E-state index contributed by atoms with van der Waals surface area (Å²) in [6.07, 6.45) is 1.69. The Labute approximate surface area is 222 Å². The summed E-state index contributed by atoms with van der Waals surface area (Å²) in [7, 11) is 1.65. The van der Waals surface area contributed by atoms with E-state index in [1.54, 1.807) is 28.7 Å². The van der Waals surface area contributed by atoms with Crippen LogP contribution in [-0.4, -0.2) is 58.4 Å². The molecule has 1 saturated heterocycles. The minimum atomic E-state index is -2.44. The van der Waals surface area contributed by atoms with Crippen LogP contribution in [0.2, 0.25) is 0 Å². The molecule has 2 aliphatic rings. The van der Waals surface area contributed by atoms with Crippen LogP contribution in [0.15, 0.2) is 48.8 Å². The van der Waals surface area contributed by atoms with Crippen molar-refractivity contribution < 1.29 is 22.7 Å². The van der Waals surface area contributed by atoms with E-state index in [0.717, 1.165) is 28.8 Å². The maximum absolute atomic E-state index is 13.7. The molecule has 202 valence electrons. The minimum Gasteiger partial charge on any atom is -0.381 e. The Kier molecular flexibility index (Phi) is 6.69. The Bertz CT molecular complexity index is 1550. The number of carbonyl (C=O) groups is 1. The molecule has 0 aliphatic carbocycles. The third-order valence-corrected chi connectivity index (χ3v) is 7.23. The van der Waals surface area contributed by atoms with Crippen molar-refractivity contribution in [1.29, 1.82) is 0 Å². The molecule has 5 heterocycles. The Balaban J connectivity index is 1.35. The molecule has 8 nitrogen and oxygen atoms in total. The largest absolute Gasteiger partial charge is 0.381 e. The summed E-state index contributed by atoms with van der Waals surface area (Å²) in [6.45, 7) is 1.48. The first-order valence-corrected chi connectivity index (χ1v) is 12.8. The second kappa shape index (κ2) is 10.3. The first kappa shape index (κ1) is 25.3. The highest BCUT2D eigenvalue weighted by Gasteiger charge is 2.28. The van der Waals surface area contributed by atoms with E-state index in [4.69, 9.17) is 9.72 Å². The highest BCUT2D eigenvalue weighted by molar-refractivity contribution is 6.06. The normalized spacial score (nSPS) is 16.9. The second-order valence-electron chi connectivity index (χ2n) is 9.92. The number of anilines is 2. The molecule has 0 unspecified atom stereocenters. The van der Waals surface area contributed by atoms with E-state index in [0.29, 0.717) is 48.2 Å². The molecule has 1 amide bonds. The number of nitrogens with zero attached hydrogens (tertiary/aromatic N) is 4. The number of imidazole rings is 1. The van der Waals surface area contributed by atoms with E-state index in [-0.39, 0.29) is 30.7 Å². The van der Waals surface area contributed by atoms with Crippen LogP contribution >= 0.6 is 0 Å². The van der Waals surface area contributed by atoms with Crippen molar-refractivity contribution >= 4 is 23.1 Å². The number of hydrogen-bond donors (Lipinski definition) is 2. The van der Waals surface area contributed by atoms with Crippen LogP contribution in [-0.2, 0) is 17.8 Å². The number of hydrogen-bond acceptors (Lipinski definition) is 6. The van der Waals surface area contributed by atoms with Gasteiger partial charge in [0.1, 0.15) is 17.3 Å². The molecule has 1 aromatic carbocycles. The summed E-state index contributed by atoms with van der Waals surface area (Å²) in [5, 5.41) is 6.17. The summed E-state index contributed by atoms with van der Waals surface area (Å²) in [6, 6.07) is 10.2. The predicted molar refractivity (Wildman–Crippen MR) is 140 cm³/mol. The standard InChI is InChI=1S/C28H27F3N6O2/c1-36(14-24(30)31)13-22-18(16-7-9-39-15-16)3-5-25(35-22)34-21-4-2-19(20-11-33-28(38)27(20)21)23-12-32-26-10-17(29)6-8-37(23)26/h2-6,8,10,12,16,24H,7,9,11,13-15H2,1H3,(H,33,38)(H,34,35)/t16-/m1/s1. The van der Waals surface area contributed by atoms with Gasteiger partial charge >= 0.3 is 0 Å². The lowest BCUT2D eigenvalue weighted by Gasteiger charge is -2.21. The fourth-order valence-electron chi connectivity index (χ4n) is 5.40. The molecule has 3 aromatic heterocycles. The molecule has 0 radical (unpaired) electrons. The van der Waals surface area contributed by atoms with Crippen molar-refractivity contribution in [1.82, 2.24) is 24.6 Å². The van der Waals surface area contributed by atoms with Crippen molar-refractivity contribution in [2.45, 2.75) is 31.9 Å². The van der Waals surface area contributed by atoms with Gasteiger partial charge in [-0.05, 0) is 42.8 Å². The van der Waals surface area contributed by atoms with Crippen LogP contribution in [0.25, 0.3) is 16.9 Å². The summed E-state index contributed by atoms with van der Waals surface area (Å²) in [4.78, 5) is 23.6. The third kappa shape index (κ3) is 4.95. The van der Waals surface area contributed by atoms with Crippen LogP contribution in [0.4, 0.5) is 24.7 Å². The number of amides is 1. The van der Waals surface area contributed by atoms with Gasteiger partial charge in [-0.1, -0.05) is 12.1 Å². The average molecular weight is 537 g/mol. The topological polar surface area (TPSA) is 83.8 Å². The van der Waals surface area contributed by atoms with Gasteiger partial charge in [-0.25, -0.2) is 23.1 Å². The van der Waals surface area contributed by atoms with Gasteiger partial charge in [0.2, 0.25) is 0 Å². The molecule has 0 bridgehead atoms. The number of rotatable bonds is 8. The van der Waals surface area contributed by atoms with E-state index in [1.165, 1.54) is 12.1 Å². The van der Waals surface area contributed by atoms with Crippen molar-refractivity contribution in [3.05, 3.63) is 77.0 Å². The zero-order valence-electron chi connectivity index (χ0n) is 21.3. The molecular weight excluding hydrogens is 509 g/mol. The summed E-state index contributed by atoms with van der Waals surface area (Å²) in [5.41, 5.74) is 5.60. The molecular formula is C28H27F3N6O2. The molecule has 0 spiro atoms. The van der Waals surface area contributed by atoms with Crippen LogP contribution in [0.5, 0.6) is 0 Å². The fraction of sp³-hybridized carbons (Fsp3) is 0.321. The van der Waals surface area contributed by atoms with Crippen molar-refractivity contribution in [3.8, 4) is 11.3 Å². The molecule has 2 N–H and O–H groups in total. The number of halogens is 3. The lowest BCUT2D eigenvalue weighted by molar-refractivity contribution is 0.0961. The molecule has 1 fully saturated rings. The number of aromatic nitrogens is 3. The van der Waals surface area contributed by atoms with Gasteiger partial charge in [-0.15, -0.1) is 0 Å². The predicted octanol–water partition coefficient (Wildman–Crippen LogP) is 4.72. The Morgan fingerprint density at radius 3 is 2.92 bits per heavy atom. The number of pyridine rings is 2. The molecule has 6 rings (SSSR count). The zero-order valence-corrected chi connectivity index (χ0v) is 21.3. The van der Waals surface area contributed by atoms with Gasteiger partial charge in [-0.3, -0.25) is 14.1 Å². The van der Waals surface area contributed by atoms with Gasteiger partial charge in [0, 0.05) is 43.4 Å². The third-order valence-electron chi connectivity index (χ3n) is 7.23. The van der Waals surface area contributed by atoms with Crippen LogP contribution in [0.3, 0.4) is 0 Å². The zero-order chi connectivity index (χ0) is 27.1. The molecule has 11 heteroatoms. The lowest BCUT2D eigenvalue weighted by atomic mass is 9.96. The van der Waals surface area contributed by atoms with Gasteiger partial charge in [0.25, 0.3) is 12.3 Å². The summed E-state index contributed by atoms with van der Waals surface area (Å²) >= 11 is 0. The van der Waals surface area contributed by atoms with Crippen LogP contribution in [0, 0.1) is 5.82 Å². The van der Waals surface area contributed by atoms with E-state index >= 15 is 0 Å². The smallest absolute Gasteiger partial charge is 0.254 e. The Morgan fingerprint density at radius 1 is 1.26 bits per heavy atom. The number of fused-ring (bicyclic) bond motifs is 2. The van der Waals surface area contributed by atoms with E-state index in [9.17, 15) is 18.0 Å². The van der Waals surface area contributed by atoms with Crippen molar-refractivity contribution in [2.24, 2.45) is 0 Å². The van der Waals surface area contributed by atoms with Gasteiger partial charge in [-0.2, -0.15) is 0 Å². The average Bonchev–Trinajstić information content (AvgIpc) is 3.65. The maximum Gasteiger partial charge on any atom is 0.254 e. The Morgan fingerprint density at radius 2 is 2.13 bits per heavy atom. The fourth-order valence-corrected chi connectivity index (χ4v) is 5.40. The highest BCUT2D eigenvalue weighted by Crippen LogP contribution is 2.36. The first-order valence-electron chi connectivity index (χ1n) is 12.8. The van der Waals surface area contributed by atoms with E-state index in [2.05, 4.69) is 15.6 Å². The molecule has 2 aliphatic heterocycles. The van der Waals surface area contributed by atoms with E-state index in [1.807, 2.05) is 24.3 Å². The van der Waals surface area contributed by atoms with Crippen molar-refractivity contribution in [3.63, 3.8) is 0 Å². The first-order chi connectivity index (χ1) is 18.9. The number of nitrogens with one attached hydrogen (secondary N) is 2. The summed E-state index contributed by atoms with van der Waals surface area (Å²) in [5.74, 6) is 0.0821. The number of benzene rings is 1. The van der Waals surface area contributed by atoms with Gasteiger partial charge in [0.15, 0.2) is 0 Å². The molecule has 0 saturated carbocycles. The second-order valence-corrected chi connectivity index (χ2v) is 9.92. The van der Waals surface area contributed by atoms with Crippen molar-refractivity contribution in [2.75, 3.05) is 32.1 Å². The monoisotopic (exact) mass is 536 g/mol. The number of ether oxygens (including phenoxy) is 1. The molecule has 39 heavy (non-hydrogen) atoms. The summed E-state index contributed by atoms with van der Waals surface area (Å²) < 4.78 is 47.0. The Hall–Kier alpha value is -3.96. The number of alkyl halides is 2.